The molecule has 200 valence electrons. The van der Waals surface area contributed by atoms with Gasteiger partial charge in [-0.1, -0.05) is 49.8 Å². The van der Waals surface area contributed by atoms with E-state index < -0.39 is 50.3 Å². The average Bonchev–Trinajstić information content (AvgIpc) is 3.31. The van der Waals surface area contributed by atoms with Crippen LogP contribution in [-0.4, -0.2) is 38.3 Å². The number of rotatable bonds is 10. The number of unbranched alkanes of at least 4 members (excludes halogenated alkanes) is 1. The molecule has 0 saturated heterocycles. The van der Waals surface area contributed by atoms with Gasteiger partial charge in [-0.05, 0) is 55.5 Å². The van der Waals surface area contributed by atoms with E-state index in [0.29, 0.717) is 18.9 Å². The van der Waals surface area contributed by atoms with Crippen LogP contribution in [0.5, 0.6) is 0 Å². The van der Waals surface area contributed by atoms with Gasteiger partial charge < -0.3 is 9.47 Å². The number of hydrogen-bond donors (Lipinski definition) is 0. The highest BCUT2D eigenvalue weighted by Gasteiger charge is 2.54. The summed E-state index contributed by atoms with van der Waals surface area (Å²) in [5.74, 6) is -2.07. The standard InChI is InChI=1S/C27H29F3O6S/c1-3-4-13-23(36-25(32)20-9-8-10-21(17-20)27(28,29)30)26(15-14-19(18-26)16-24(31)35-2)37(33,34)22-11-6-5-7-12-22/h5-12,14-15,17,19,23H,3-4,13,16,18H2,1-2H3/t19-,23+,26+/m0/s1. The second-order valence-corrected chi connectivity index (χ2v) is 11.2. The lowest BCUT2D eigenvalue weighted by atomic mass is 9.92. The zero-order chi connectivity index (χ0) is 27.3. The van der Waals surface area contributed by atoms with E-state index in [2.05, 4.69) is 0 Å². The molecule has 0 saturated carbocycles. The van der Waals surface area contributed by atoms with Crippen LogP contribution in [0.2, 0.25) is 0 Å². The topological polar surface area (TPSA) is 86.7 Å². The highest BCUT2D eigenvalue weighted by atomic mass is 32.2. The van der Waals surface area contributed by atoms with Crippen LogP contribution in [-0.2, 0) is 30.3 Å². The van der Waals surface area contributed by atoms with Crippen molar-refractivity contribution < 1.29 is 40.7 Å². The molecule has 0 aliphatic heterocycles. The van der Waals surface area contributed by atoms with Crippen LogP contribution >= 0.6 is 0 Å². The molecule has 0 aromatic heterocycles. The third kappa shape index (κ3) is 6.23. The van der Waals surface area contributed by atoms with E-state index in [4.69, 9.17) is 9.47 Å². The smallest absolute Gasteiger partial charge is 0.416 e. The van der Waals surface area contributed by atoms with E-state index in [1.165, 1.54) is 31.4 Å². The Morgan fingerprint density at radius 3 is 2.43 bits per heavy atom. The van der Waals surface area contributed by atoms with Gasteiger partial charge in [0.15, 0.2) is 9.84 Å². The lowest BCUT2D eigenvalue weighted by molar-refractivity contribution is -0.141. The maximum atomic E-state index is 14.1. The van der Waals surface area contributed by atoms with E-state index >= 15 is 0 Å². The molecule has 0 fully saturated rings. The van der Waals surface area contributed by atoms with Gasteiger partial charge in [0.05, 0.1) is 29.6 Å². The molecule has 0 heterocycles. The van der Waals surface area contributed by atoms with Crippen molar-refractivity contribution in [2.75, 3.05) is 7.11 Å². The lowest BCUT2D eigenvalue weighted by Crippen LogP contribution is -2.49. The number of ether oxygens (including phenoxy) is 2. The molecule has 3 atom stereocenters. The molecule has 2 aromatic rings. The Hall–Kier alpha value is -3.14. The van der Waals surface area contributed by atoms with E-state index in [0.717, 1.165) is 12.1 Å². The minimum Gasteiger partial charge on any atom is -0.469 e. The number of esters is 2. The molecule has 1 aliphatic carbocycles. The van der Waals surface area contributed by atoms with Crippen molar-refractivity contribution in [2.45, 2.75) is 61.0 Å². The van der Waals surface area contributed by atoms with Gasteiger partial charge in [0, 0.05) is 0 Å². The zero-order valence-corrected chi connectivity index (χ0v) is 21.3. The molecule has 0 unspecified atom stereocenters. The Balaban J connectivity index is 2.05. The quantitative estimate of drug-likeness (QED) is 0.282. The van der Waals surface area contributed by atoms with Crippen LogP contribution in [0.4, 0.5) is 13.2 Å². The molecular weight excluding hydrogens is 509 g/mol. The van der Waals surface area contributed by atoms with Gasteiger partial charge in [-0.25, -0.2) is 13.2 Å². The number of methoxy groups -OCH3 is 1. The normalized spacial score (nSPS) is 20.4. The van der Waals surface area contributed by atoms with E-state index in [9.17, 15) is 31.2 Å². The number of benzene rings is 2. The molecule has 6 nitrogen and oxygen atoms in total. The maximum Gasteiger partial charge on any atom is 0.416 e. The first-order valence-electron chi connectivity index (χ1n) is 11.9. The Morgan fingerprint density at radius 1 is 1.11 bits per heavy atom. The lowest BCUT2D eigenvalue weighted by Gasteiger charge is -2.36. The van der Waals surface area contributed by atoms with Crippen molar-refractivity contribution in [3.8, 4) is 0 Å². The van der Waals surface area contributed by atoms with Gasteiger partial charge in [0.1, 0.15) is 10.9 Å². The number of carbonyl (C=O) groups excluding carboxylic acids is 2. The summed E-state index contributed by atoms with van der Waals surface area (Å²) in [4.78, 5) is 25.0. The van der Waals surface area contributed by atoms with Gasteiger partial charge >= 0.3 is 18.1 Å². The van der Waals surface area contributed by atoms with Crippen molar-refractivity contribution in [1.29, 1.82) is 0 Å². The summed E-state index contributed by atoms with van der Waals surface area (Å²) in [6.45, 7) is 1.88. The monoisotopic (exact) mass is 538 g/mol. The Kier molecular flexibility index (Phi) is 8.84. The number of hydrogen-bond acceptors (Lipinski definition) is 6. The van der Waals surface area contributed by atoms with Gasteiger partial charge in [0.25, 0.3) is 0 Å². The number of alkyl halides is 3. The summed E-state index contributed by atoms with van der Waals surface area (Å²) in [6, 6.07) is 11.5. The molecule has 0 radical (unpaired) electrons. The van der Waals surface area contributed by atoms with Gasteiger partial charge in [-0.15, -0.1) is 0 Å². The molecule has 1 aliphatic rings. The molecule has 0 bridgehead atoms. The van der Waals surface area contributed by atoms with Crippen molar-refractivity contribution in [3.05, 3.63) is 77.9 Å². The predicted octanol–water partition coefficient (Wildman–Crippen LogP) is 5.77. The largest absolute Gasteiger partial charge is 0.469 e. The summed E-state index contributed by atoms with van der Waals surface area (Å²) in [5, 5.41) is 0. The zero-order valence-electron chi connectivity index (χ0n) is 20.5. The average molecular weight is 539 g/mol. The predicted molar refractivity (Wildman–Crippen MR) is 130 cm³/mol. The van der Waals surface area contributed by atoms with E-state index in [1.807, 2.05) is 6.92 Å². The van der Waals surface area contributed by atoms with Gasteiger partial charge in [-0.3, -0.25) is 4.79 Å². The van der Waals surface area contributed by atoms with Crippen LogP contribution in [0.3, 0.4) is 0 Å². The maximum absolute atomic E-state index is 14.1. The molecule has 0 amide bonds. The highest BCUT2D eigenvalue weighted by Crippen LogP contribution is 2.45. The molecule has 10 heteroatoms. The minimum absolute atomic E-state index is 0.00924. The van der Waals surface area contributed by atoms with Crippen molar-refractivity contribution in [3.63, 3.8) is 0 Å². The van der Waals surface area contributed by atoms with Gasteiger partial charge in [-0.2, -0.15) is 13.2 Å². The Morgan fingerprint density at radius 2 is 1.81 bits per heavy atom. The van der Waals surface area contributed by atoms with Crippen LogP contribution in [0.15, 0.2) is 71.6 Å². The fourth-order valence-corrected chi connectivity index (χ4v) is 6.68. The van der Waals surface area contributed by atoms with E-state index in [-0.39, 0.29) is 29.7 Å². The number of allylic oxidation sites excluding steroid dienone is 1. The van der Waals surface area contributed by atoms with Crippen LogP contribution in [0.1, 0.15) is 54.9 Å². The van der Waals surface area contributed by atoms with E-state index in [1.54, 1.807) is 24.3 Å². The first kappa shape index (κ1) is 28.4. The number of carbonyl (C=O) groups is 2. The van der Waals surface area contributed by atoms with Crippen LogP contribution in [0, 0.1) is 5.92 Å². The fourth-order valence-electron chi connectivity index (χ4n) is 4.52. The molecule has 3 rings (SSSR count). The SMILES string of the molecule is CCCC[C@@H](OC(=O)c1cccc(C(F)(F)F)c1)[C@@]1(S(=O)(=O)c2ccccc2)C=C[C@@H](CC(=O)OC)C1. The molecule has 37 heavy (non-hydrogen) atoms. The first-order valence-corrected chi connectivity index (χ1v) is 13.4. The Labute approximate surface area is 214 Å². The molecule has 2 aromatic carbocycles. The second-order valence-electron chi connectivity index (χ2n) is 8.99. The van der Waals surface area contributed by atoms with Gasteiger partial charge in [0.2, 0.25) is 0 Å². The minimum atomic E-state index is -4.66. The third-order valence-corrected chi connectivity index (χ3v) is 8.94. The second kappa shape index (κ2) is 11.5. The van der Waals surface area contributed by atoms with Crippen molar-refractivity contribution in [1.82, 2.24) is 0 Å². The molecule has 0 spiro atoms. The fraction of sp³-hybridized carbons (Fsp3) is 0.407. The molecular formula is C27H29F3O6S. The summed E-state index contributed by atoms with van der Waals surface area (Å²) in [5.41, 5.74) is -1.35. The van der Waals surface area contributed by atoms with Crippen LogP contribution < -0.4 is 0 Å². The highest BCUT2D eigenvalue weighted by molar-refractivity contribution is 7.93. The number of sulfone groups is 1. The molecule has 0 N–H and O–H groups in total. The van der Waals surface area contributed by atoms with Crippen molar-refractivity contribution in [2.24, 2.45) is 5.92 Å². The summed E-state index contributed by atoms with van der Waals surface area (Å²) in [7, 11) is -2.93. The first-order chi connectivity index (χ1) is 17.4. The summed E-state index contributed by atoms with van der Waals surface area (Å²) in [6.07, 6.45) is -1.61. The summed E-state index contributed by atoms with van der Waals surface area (Å²) >= 11 is 0. The summed E-state index contributed by atoms with van der Waals surface area (Å²) < 4.78 is 76.5. The Bertz CT molecular complexity index is 1240. The van der Waals surface area contributed by atoms with Crippen molar-refractivity contribution >= 4 is 21.8 Å². The third-order valence-electron chi connectivity index (χ3n) is 6.48. The van der Waals surface area contributed by atoms with Crippen LogP contribution in [0.25, 0.3) is 0 Å². The number of halogens is 3.